The molecule has 1 aliphatic carbocycles. The third-order valence-corrected chi connectivity index (χ3v) is 4.52. The molecule has 0 bridgehead atoms. The standard InChI is InChI=1S/C12H18N4O4S/c1-12(10(19)20-3,14-7-4-5-7)6-21-11-13-8(17)9(18)15-16(11)2/h7,14H,4-6H2,1-3H3,(H,15,18). The van der Waals surface area contributed by atoms with Crippen molar-refractivity contribution in [3.63, 3.8) is 0 Å². The molecule has 0 saturated heterocycles. The molecule has 1 heterocycles. The maximum atomic E-state index is 12.0. The molecule has 1 aromatic rings. The van der Waals surface area contributed by atoms with E-state index in [1.54, 1.807) is 14.0 Å². The highest BCUT2D eigenvalue weighted by molar-refractivity contribution is 7.99. The molecule has 0 amide bonds. The topological polar surface area (TPSA) is 106 Å². The van der Waals surface area contributed by atoms with Crippen LogP contribution in [0.1, 0.15) is 19.8 Å². The predicted molar refractivity (Wildman–Crippen MR) is 77.4 cm³/mol. The summed E-state index contributed by atoms with van der Waals surface area (Å²) in [6, 6.07) is 0.321. The number of aromatic nitrogens is 3. The van der Waals surface area contributed by atoms with E-state index in [1.807, 2.05) is 0 Å². The summed E-state index contributed by atoms with van der Waals surface area (Å²) < 4.78 is 6.21. The van der Waals surface area contributed by atoms with Crippen molar-refractivity contribution in [1.82, 2.24) is 20.1 Å². The number of methoxy groups -OCH3 is 1. The zero-order valence-corrected chi connectivity index (χ0v) is 13.0. The normalized spacial score (nSPS) is 17.3. The molecule has 0 spiro atoms. The largest absolute Gasteiger partial charge is 0.468 e. The van der Waals surface area contributed by atoms with Crippen molar-refractivity contribution >= 4 is 17.7 Å². The van der Waals surface area contributed by atoms with Gasteiger partial charge in [0.15, 0.2) is 5.16 Å². The van der Waals surface area contributed by atoms with Crippen LogP contribution in [0.15, 0.2) is 14.7 Å². The SMILES string of the molecule is COC(=O)C(C)(CSc1nc(=O)c(=O)[nH]n1C)NC1CC1. The summed E-state index contributed by atoms with van der Waals surface area (Å²) >= 11 is 1.21. The van der Waals surface area contributed by atoms with Crippen molar-refractivity contribution < 1.29 is 9.53 Å². The number of aryl methyl sites for hydroxylation is 1. The first-order valence-electron chi connectivity index (χ1n) is 6.52. The third kappa shape index (κ3) is 3.73. The van der Waals surface area contributed by atoms with Gasteiger partial charge in [-0.1, -0.05) is 11.8 Å². The fourth-order valence-electron chi connectivity index (χ4n) is 1.86. The van der Waals surface area contributed by atoms with Crippen LogP contribution in [0.5, 0.6) is 0 Å². The summed E-state index contributed by atoms with van der Waals surface area (Å²) in [5, 5.41) is 5.96. The summed E-state index contributed by atoms with van der Waals surface area (Å²) in [4.78, 5) is 38.1. The van der Waals surface area contributed by atoms with E-state index < -0.39 is 16.7 Å². The van der Waals surface area contributed by atoms with Crippen LogP contribution in [0.2, 0.25) is 0 Å². The van der Waals surface area contributed by atoms with Crippen LogP contribution in [0.3, 0.4) is 0 Å². The van der Waals surface area contributed by atoms with Crippen molar-refractivity contribution in [3.8, 4) is 0 Å². The zero-order chi connectivity index (χ0) is 15.6. The molecule has 8 nitrogen and oxygen atoms in total. The zero-order valence-electron chi connectivity index (χ0n) is 12.1. The fraction of sp³-hybridized carbons (Fsp3) is 0.667. The van der Waals surface area contributed by atoms with Crippen molar-refractivity contribution in [2.75, 3.05) is 12.9 Å². The monoisotopic (exact) mass is 314 g/mol. The van der Waals surface area contributed by atoms with E-state index in [4.69, 9.17) is 4.74 Å². The molecule has 1 saturated carbocycles. The second-order valence-corrected chi connectivity index (χ2v) is 6.17. The second-order valence-electron chi connectivity index (χ2n) is 5.23. The summed E-state index contributed by atoms with van der Waals surface area (Å²) in [6.45, 7) is 1.76. The van der Waals surface area contributed by atoms with Gasteiger partial charge in [0, 0.05) is 18.8 Å². The van der Waals surface area contributed by atoms with Gasteiger partial charge in [0.05, 0.1) is 7.11 Å². The number of nitrogens with zero attached hydrogens (tertiary/aromatic N) is 2. The maximum absolute atomic E-state index is 12.0. The van der Waals surface area contributed by atoms with Crippen LogP contribution in [0.25, 0.3) is 0 Å². The van der Waals surface area contributed by atoms with E-state index in [1.165, 1.54) is 23.6 Å². The molecule has 2 N–H and O–H groups in total. The highest BCUT2D eigenvalue weighted by Gasteiger charge is 2.39. The molecule has 0 aliphatic heterocycles. The van der Waals surface area contributed by atoms with Gasteiger partial charge >= 0.3 is 17.1 Å². The highest BCUT2D eigenvalue weighted by atomic mass is 32.2. The van der Waals surface area contributed by atoms with Gasteiger partial charge in [-0.2, -0.15) is 4.98 Å². The smallest absolute Gasteiger partial charge is 0.339 e. The number of hydrogen-bond donors (Lipinski definition) is 2. The third-order valence-electron chi connectivity index (χ3n) is 3.17. The lowest BCUT2D eigenvalue weighted by atomic mass is 10.1. The van der Waals surface area contributed by atoms with Gasteiger partial charge in [-0.3, -0.25) is 29.5 Å². The first-order chi connectivity index (χ1) is 9.85. The minimum atomic E-state index is -0.867. The molecule has 0 aromatic carbocycles. The van der Waals surface area contributed by atoms with Crippen LogP contribution in [-0.2, 0) is 16.6 Å². The Bertz CT molecular complexity index is 651. The molecule has 116 valence electrons. The lowest BCUT2D eigenvalue weighted by Crippen LogP contribution is -2.53. The average molecular weight is 314 g/mol. The Morgan fingerprint density at radius 2 is 2.24 bits per heavy atom. The molecule has 21 heavy (non-hydrogen) atoms. The molecule has 1 fully saturated rings. The number of thioether (sulfide) groups is 1. The van der Waals surface area contributed by atoms with E-state index >= 15 is 0 Å². The van der Waals surface area contributed by atoms with Crippen molar-refractivity contribution in [2.45, 2.75) is 36.5 Å². The molecule has 9 heteroatoms. The Labute approximate surface area is 125 Å². The maximum Gasteiger partial charge on any atom is 0.339 e. The van der Waals surface area contributed by atoms with Gasteiger partial charge in [-0.05, 0) is 19.8 Å². The van der Waals surface area contributed by atoms with Crippen LogP contribution in [0.4, 0.5) is 0 Å². The van der Waals surface area contributed by atoms with E-state index in [0.717, 1.165) is 12.8 Å². The number of nitrogens with one attached hydrogen (secondary N) is 2. The van der Waals surface area contributed by atoms with Crippen molar-refractivity contribution in [1.29, 1.82) is 0 Å². The second kappa shape index (κ2) is 6.02. The summed E-state index contributed by atoms with van der Waals surface area (Å²) in [6.07, 6.45) is 2.07. The molecule has 2 rings (SSSR count). The number of hydrogen-bond acceptors (Lipinski definition) is 7. The Kier molecular flexibility index (Phi) is 4.52. The van der Waals surface area contributed by atoms with Gasteiger partial charge in [0.2, 0.25) is 0 Å². The fourth-order valence-corrected chi connectivity index (χ4v) is 2.87. The van der Waals surface area contributed by atoms with Crippen LogP contribution < -0.4 is 16.4 Å². The molecule has 1 unspecified atom stereocenters. The molecular formula is C12H18N4O4S. The number of ether oxygens (including phenoxy) is 1. The number of rotatable bonds is 6. The van der Waals surface area contributed by atoms with Crippen LogP contribution in [0, 0.1) is 0 Å². The highest BCUT2D eigenvalue weighted by Crippen LogP contribution is 2.26. The Hall–Kier alpha value is -1.61. The van der Waals surface area contributed by atoms with E-state index in [2.05, 4.69) is 15.4 Å². The number of esters is 1. The van der Waals surface area contributed by atoms with E-state index in [-0.39, 0.29) is 5.97 Å². The van der Waals surface area contributed by atoms with Crippen molar-refractivity contribution in [2.24, 2.45) is 7.05 Å². The van der Waals surface area contributed by atoms with Gasteiger partial charge in [0.25, 0.3) is 0 Å². The first-order valence-corrected chi connectivity index (χ1v) is 7.50. The van der Waals surface area contributed by atoms with Gasteiger partial charge < -0.3 is 4.74 Å². The number of aromatic amines is 1. The number of carbonyl (C=O) groups excluding carboxylic acids is 1. The van der Waals surface area contributed by atoms with E-state index in [9.17, 15) is 14.4 Å². The number of carbonyl (C=O) groups is 1. The van der Waals surface area contributed by atoms with Gasteiger partial charge in [-0.25, -0.2) is 0 Å². The van der Waals surface area contributed by atoms with Crippen LogP contribution in [-0.4, -0.2) is 45.2 Å². The quantitative estimate of drug-likeness (QED) is 0.404. The summed E-state index contributed by atoms with van der Waals surface area (Å²) in [7, 11) is 2.92. The minimum absolute atomic E-state index is 0.321. The van der Waals surface area contributed by atoms with Gasteiger partial charge in [0.1, 0.15) is 5.54 Å². The Balaban J connectivity index is 2.14. The first kappa shape index (κ1) is 15.8. The molecule has 0 radical (unpaired) electrons. The van der Waals surface area contributed by atoms with E-state index in [0.29, 0.717) is 17.0 Å². The minimum Gasteiger partial charge on any atom is -0.468 e. The molecule has 1 aliphatic rings. The van der Waals surface area contributed by atoms with Crippen molar-refractivity contribution in [3.05, 3.63) is 20.7 Å². The van der Waals surface area contributed by atoms with Gasteiger partial charge in [-0.15, -0.1) is 0 Å². The lowest BCUT2D eigenvalue weighted by Gasteiger charge is -2.27. The molecular weight excluding hydrogens is 296 g/mol. The molecule has 1 aromatic heterocycles. The van der Waals surface area contributed by atoms with Crippen LogP contribution >= 0.6 is 11.8 Å². The Morgan fingerprint density at radius 3 is 2.81 bits per heavy atom. The lowest BCUT2D eigenvalue weighted by molar-refractivity contribution is -0.147. The summed E-state index contributed by atoms with van der Waals surface area (Å²) in [5.74, 6) is -0.0287. The Morgan fingerprint density at radius 1 is 1.57 bits per heavy atom. The number of H-pyrrole nitrogens is 1. The predicted octanol–water partition coefficient (Wildman–Crippen LogP) is -0.756. The summed E-state index contributed by atoms with van der Waals surface area (Å²) in [5.41, 5.74) is -2.48. The average Bonchev–Trinajstić information content (AvgIpc) is 3.24. The molecule has 1 atom stereocenters.